The Morgan fingerprint density at radius 3 is 2.62 bits per heavy atom. The molecule has 0 aliphatic rings. The van der Waals surface area contributed by atoms with Crippen LogP contribution in [0.4, 0.5) is 0 Å². The minimum atomic E-state index is -0.706. The summed E-state index contributed by atoms with van der Waals surface area (Å²) in [4.78, 5) is 23.8. The SMILES string of the molecule is CCCC(O)CNC(=O)C(C)NC(=O)c1ccccc1Cl. The van der Waals surface area contributed by atoms with Crippen LogP contribution in [-0.2, 0) is 4.79 Å². The lowest BCUT2D eigenvalue weighted by Crippen LogP contribution is -2.46. The summed E-state index contributed by atoms with van der Waals surface area (Å²) in [5.41, 5.74) is 0.324. The summed E-state index contributed by atoms with van der Waals surface area (Å²) in [6.07, 6.45) is 0.904. The van der Waals surface area contributed by atoms with Crippen LogP contribution in [0.2, 0.25) is 5.02 Å². The van der Waals surface area contributed by atoms with E-state index in [9.17, 15) is 14.7 Å². The van der Waals surface area contributed by atoms with Gasteiger partial charge >= 0.3 is 0 Å². The molecule has 0 aromatic heterocycles. The van der Waals surface area contributed by atoms with E-state index < -0.39 is 18.1 Å². The number of aliphatic hydroxyl groups excluding tert-OH is 1. The van der Waals surface area contributed by atoms with Gasteiger partial charge in [0.15, 0.2) is 0 Å². The molecule has 2 atom stereocenters. The molecule has 2 unspecified atom stereocenters. The van der Waals surface area contributed by atoms with Crippen molar-refractivity contribution < 1.29 is 14.7 Å². The van der Waals surface area contributed by atoms with E-state index in [1.165, 1.54) is 0 Å². The first-order valence-electron chi connectivity index (χ1n) is 6.96. The third-order valence-electron chi connectivity index (χ3n) is 2.99. The Labute approximate surface area is 129 Å². The predicted molar refractivity (Wildman–Crippen MR) is 82.3 cm³/mol. The molecule has 5 nitrogen and oxygen atoms in total. The van der Waals surface area contributed by atoms with Gasteiger partial charge in [-0.2, -0.15) is 0 Å². The smallest absolute Gasteiger partial charge is 0.253 e. The van der Waals surface area contributed by atoms with Crippen molar-refractivity contribution in [1.29, 1.82) is 0 Å². The number of carbonyl (C=O) groups is 2. The third kappa shape index (κ3) is 5.73. The molecule has 0 aliphatic heterocycles. The zero-order valence-corrected chi connectivity index (χ0v) is 13.0. The van der Waals surface area contributed by atoms with Gasteiger partial charge in [0.25, 0.3) is 5.91 Å². The van der Waals surface area contributed by atoms with Gasteiger partial charge in [0, 0.05) is 6.54 Å². The summed E-state index contributed by atoms with van der Waals surface area (Å²) >= 11 is 5.93. The van der Waals surface area contributed by atoms with E-state index in [0.717, 1.165) is 6.42 Å². The summed E-state index contributed by atoms with van der Waals surface area (Å²) in [6, 6.07) is 5.93. The molecule has 1 rings (SSSR count). The van der Waals surface area contributed by atoms with Crippen LogP contribution in [0.25, 0.3) is 0 Å². The van der Waals surface area contributed by atoms with Crippen molar-refractivity contribution in [2.24, 2.45) is 0 Å². The van der Waals surface area contributed by atoms with Crippen LogP contribution >= 0.6 is 11.6 Å². The molecule has 6 heteroatoms. The second-order valence-corrected chi connectivity index (χ2v) is 5.27. The fourth-order valence-corrected chi connectivity index (χ4v) is 2.01. The lowest BCUT2D eigenvalue weighted by Gasteiger charge is -2.16. The minimum Gasteiger partial charge on any atom is -0.391 e. The van der Waals surface area contributed by atoms with Gasteiger partial charge in [0.05, 0.1) is 16.7 Å². The highest BCUT2D eigenvalue weighted by Gasteiger charge is 2.18. The van der Waals surface area contributed by atoms with E-state index >= 15 is 0 Å². The molecule has 0 saturated carbocycles. The van der Waals surface area contributed by atoms with Crippen molar-refractivity contribution in [3.8, 4) is 0 Å². The van der Waals surface area contributed by atoms with Gasteiger partial charge in [0.1, 0.15) is 6.04 Å². The number of hydrogen-bond donors (Lipinski definition) is 3. The molecule has 1 aromatic carbocycles. The van der Waals surface area contributed by atoms with Gasteiger partial charge in [-0.1, -0.05) is 37.1 Å². The topological polar surface area (TPSA) is 78.4 Å². The average Bonchev–Trinajstić information content (AvgIpc) is 2.45. The van der Waals surface area contributed by atoms with Crippen molar-refractivity contribution in [2.45, 2.75) is 38.8 Å². The number of amides is 2. The van der Waals surface area contributed by atoms with E-state index in [-0.39, 0.29) is 12.5 Å². The average molecular weight is 313 g/mol. The summed E-state index contributed by atoms with van der Waals surface area (Å²) in [7, 11) is 0. The molecule has 0 bridgehead atoms. The van der Waals surface area contributed by atoms with Gasteiger partial charge in [0.2, 0.25) is 5.91 Å². The molecule has 0 spiro atoms. The zero-order chi connectivity index (χ0) is 15.8. The summed E-state index contributed by atoms with van der Waals surface area (Å²) < 4.78 is 0. The van der Waals surface area contributed by atoms with Crippen LogP contribution in [-0.4, -0.2) is 35.6 Å². The monoisotopic (exact) mass is 312 g/mol. The Hall–Kier alpha value is -1.59. The predicted octanol–water partition coefficient (Wildman–Crippen LogP) is 1.74. The number of nitrogens with one attached hydrogen (secondary N) is 2. The van der Waals surface area contributed by atoms with Crippen molar-refractivity contribution in [3.05, 3.63) is 34.9 Å². The summed E-state index contributed by atoms with van der Waals surface area (Å²) in [5.74, 6) is -0.747. The molecule has 116 valence electrons. The molecule has 0 radical (unpaired) electrons. The van der Waals surface area contributed by atoms with Crippen LogP contribution in [0.1, 0.15) is 37.0 Å². The molecule has 0 saturated heterocycles. The molecule has 0 fully saturated rings. The Kier molecular flexibility index (Phi) is 7.19. The van der Waals surface area contributed by atoms with Crippen LogP contribution in [0.15, 0.2) is 24.3 Å². The van der Waals surface area contributed by atoms with Crippen LogP contribution in [0.3, 0.4) is 0 Å². The van der Waals surface area contributed by atoms with E-state index in [1.807, 2.05) is 6.92 Å². The fourth-order valence-electron chi connectivity index (χ4n) is 1.79. The summed E-state index contributed by atoms with van der Waals surface area (Å²) in [6.45, 7) is 3.72. The van der Waals surface area contributed by atoms with Gasteiger partial charge in [-0.05, 0) is 25.5 Å². The molecule has 3 N–H and O–H groups in total. The quantitative estimate of drug-likeness (QED) is 0.717. The van der Waals surface area contributed by atoms with Gasteiger partial charge in [-0.3, -0.25) is 9.59 Å². The van der Waals surface area contributed by atoms with Crippen molar-refractivity contribution in [2.75, 3.05) is 6.54 Å². The Bertz CT molecular complexity index is 494. The molecule has 0 aliphatic carbocycles. The number of halogens is 1. The molecule has 2 amide bonds. The Morgan fingerprint density at radius 1 is 1.33 bits per heavy atom. The van der Waals surface area contributed by atoms with Gasteiger partial charge < -0.3 is 15.7 Å². The Morgan fingerprint density at radius 2 is 2.00 bits per heavy atom. The Balaban J connectivity index is 2.49. The molecule has 0 heterocycles. The first-order chi connectivity index (χ1) is 9.95. The van der Waals surface area contributed by atoms with Crippen LogP contribution in [0.5, 0.6) is 0 Å². The normalized spacial score (nSPS) is 13.3. The highest BCUT2D eigenvalue weighted by molar-refractivity contribution is 6.33. The maximum absolute atomic E-state index is 12.0. The molecular weight excluding hydrogens is 292 g/mol. The van der Waals surface area contributed by atoms with E-state index in [2.05, 4.69) is 10.6 Å². The van der Waals surface area contributed by atoms with Gasteiger partial charge in [-0.15, -0.1) is 0 Å². The molecule has 21 heavy (non-hydrogen) atoms. The zero-order valence-electron chi connectivity index (χ0n) is 12.2. The summed E-state index contributed by atoms with van der Waals surface area (Å²) in [5, 5.41) is 15.1. The number of rotatable bonds is 7. The first-order valence-corrected chi connectivity index (χ1v) is 7.34. The van der Waals surface area contributed by atoms with Crippen LogP contribution in [0, 0.1) is 0 Å². The van der Waals surface area contributed by atoms with Gasteiger partial charge in [-0.25, -0.2) is 0 Å². The number of carbonyl (C=O) groups excluding carboxylic acids is 2. The van der Waals surface area contributed by atoms with Crippen molar-refractivity contribution >= 4 is 23.4 Å². The lowest BCUT2D eigenvalue weighted by atomic mass is 10.2. The highest BCUT2D eigenvalue weighted by atomic mass is 35.5. The molecule has 1 aromatic rings. The lowest BCUT2D eigenvalue weighted by molar-refractivity contribution is -0.123. The number of aliphatic hydroxyl groups is 1. The standard InChI is InChI=1S/C15H21ClN2O3/c1-3-6-11(19)9-17-14(20)10(2)18-15(21)12-7-4-5-8-13(12)16/h4-5,7-8,10-11,19H,3,6,9H2,1-2H3,(H,17,20)(H,18,21). The maximum Gasteiger partial charge on any atom is 0.253 e. The fraction of sp³-hybridized carbons (Fsp3) is 0.467. The number of hydrogen-bond acceptors (Lipinski definition) is 3. The second-order valence-electron chi connectivity index (χ2n) is 4.86. The number of benzene rings is 1. The largest absolute Gasteiger partial charge is 0.391 e. The van der Waals surface area contributed by atoms with E-state index in [0.29, 0.717) is 17.0 Å². The maximum atomic E-state index is 12.0. The second kappa shape index (κ2) is 8.64. The van der Waals surface area contributed by atoms with E-state index in [1.54, 1.807) is 31.2 Å². The van der Waals surface area contributed by atoms with Crippen LogP contribution < -0.4 is 10.6 Å². The highest BCUT2D eigenvalue weighted by Crippen LogP contribution is 2.14. The van der Waals surface area contributed by atoms with E-state index in [4.69, 9.17) is 11.6 Å². The molecular formula is C15H21ClN2O3. The first kappa shape index (κ1) is 17.5. The van der Waals surface area contributed by atoms with Crippen molar-refractivity contribution in [3.63, 3.8) is 0 Å². The minimum absolute atomic E-state index is 0.180. The van der Waals surface area contributed by atoms with Crippen molar-refractivity contribution in [1.82, 2.24) is 10.6 Å². The third-order valence-corrected chi connectivity index (χ3v) is 3.32.